The van der Waals surface area contributed by atoms with E-state index in [4.69, 9.17) is 13.9 Å². The van der Waals surface area contributed by atoms with Gasteiger partial charge in [0.1, 0.15) is 5.58 Å². The number of carbonyl (C=O) groups is 1. The molecule has 0 aliphatic carbocycles. The van der Waals surface area contributed by atoms with E-state index < -0.39 is 5.91 Å². The molecule has 28 heavy (non-hydrogen) atoms. The molecular weight excluding hydrogens is 356 g/mol. The first kappa shape index (κ1) is 19.5. The summed E-state index contributed by atoms with van der Waals surface area (Å²) in [7, 11) is 1.59. The Balaban J connectivity index is 1.69. The number of para-hydroxylation sites is 1. The van der Waals surface area contributed by atoms with Crippen LogP contribution in [-0.4, -0.2) is 25.8 Å². The first-order valence-electron chi connectivity index (χ1n) is 9.12. The number of hydrazone groups is 1. The number of amides is 1. The number of benzene rings is 2. The summed E-state index contributed by atoms with van der Waals surface area (Å²) in [6.07, 6.45) is 1.55. The van der Waals surface area contributed by atoms with E-state index in [0.717, 1.165) is 16.5 Å². The van der Waals surface area contributed by atoms with Gasteiger partial charge in [-0.2, -0.15) is 5.10 Å². The molecule has 0 aliphatic heterocycles. The molecule has 0 fully saturated rings. The minimum absolute atomic E-state index is 0.258. The quantitative estimate of drug-likeness (QED) is 0.482. The molecule has 0 unspecified atom stereocenters. The largest absolute Gasteiger partial charge is 0.493 e. The second-order valence-corrected chi connectivity index (χ2v) is 6.87. The van der Waals surface area contributed by atoms with Gasteiger partial charge in [-0.1, -0.05) is 32.0 Å². The van der Waals surface area contributed by atoms with Crippen molar-refractivity contribution in [3.63, 3.8) is 0 Å². The van der Waals surface area contributed by atoms with E-state index in [-0.39, 0.29) is 5.76 Å². The number of carbonyl (C=O) groups excluding carboxylic acids is 1. The summed E-state index contributed by atoms with van der Waals surface area (Å²) >= 11 is 0. The van der Waals surface area contributed by atoms with Crippen LogP contribution < -0.4 is 14.9 Å². The molecule has 1 amide bonds. The standard InChI is InChI=1S/C22H24N2O4/c1-14(2)13-27-19-10-9-16(11-20(19)26-4)12-23-24-22(25)21-15(3)17-7-5-6-8-18(17)28-21/h5-12,14H,13H2,1-4H3,(H,24,25)/b23-12-. The van der Waals surface area contributed by atoms with Crippen LogP contribution in [0.25, 0.3) is 11.0 Å². The first-order valence-corrected chi connectivity index (χ1v) is 9.12. The summed E-state index contributed by atoms with van der Waals surface area (Å²) < 4.78 is 16.8. The molecule has 0 saturated heterocycles. The van der Waals surface area contributed by atoms with Gasteiger partial charge in [0.2, 0.25) is 0 Å². The van der Waals surface area contributed by atoms with Crippen molar-refractivity contribution in [2.75, 3.05) is 13.7 Å². The van der Waals surface area contributed by atoms with Gasteiger partial charge in [-0.15, -0.1) is 0 Å². The monoisotopic (exact) mass is 380 g/mol. The van der Waals surface area contributed by atoms with E-state index in [2.05, 4.69) is 24.4 Å². The second-order valence-electron chi connectivity index (χ2n) is 6.87. The molecule has 0 aliphatic rings. The Bertz CT molecular complexity index is 1000. The molecule has 6 heteroatoms. The molecular formula is C22H24N2O4. The van der Waals surface area contributed by atoms with Gasteiger partial charge < -0.3 is 13.9 Å². The molecule has 6 nitrogen and oxygen atoms in total. The number of nitrogens with zero attached hydrogens (tertiary/aromatic N) is 1. The Morgan fingerprint density at radius 3 is 2.71 bits per heavy atom. The van der Waals surface area contributed by atoms with E-state index in [0.29, 0.717) is 29.6 Å². The summed E-state index contributed by atoms with van der Waals surface area (Å²) in [4.78, 5) is 12.4. The first-order chi connectivity index (χ1) is 13.5. The fraction of sp³-hybridized carbons (Fsp3) is 0.273. The normalized spacial score (nSPS) is 11.3. The third-order valence-electron chi connectivity index (χ3n) is 4.19. The Morgan fingerprint density at radius 1 is 1.21 bits per heavy atom. The average Bonchev–Trinajstić information content (AvgIpc) is 3.03. The van der Waals surface area contributed by atoms with Gasteiger partial charge in [0.15, 0.2) is 17.3 Å². The number of ether oxygens (including phenoxy) is 2. The second kappa shape index (κ2) is 8.61. The number of rotatable bonds is 7. The number of nitrogens with one attached hydrogen (secondary N) is 1. The van der Waals surface area contributed by atoms with Crippen LogP contribution >= 0.6 is 0 Å². The van der Waals surface area contributed by atoms with Crippen LogP contribution in [0, 0.1) is 12.8 Å². The molecule has 0 spiro atoms. The molecule has 2 aromatic carbocycles. The van der Waals surface area contributed by atoms with Gasteiger partial charge in [-0.3, -0.25) is 4.79 Å². The Morgan fingerprint density at radius 2 is 2.00 bits per heavy atom. The number of methoxy groups -OCH3 is 1. The SMILES string of the molecule is COc1cc(/C=N\NC(=O)c2oc3ccccc3c2C)ccc1OCC(C)C. The summed E-state index contributed by atoms with van der Waals surface area (Å²) in [5.41, 5.74) is 4.74. The van der Waals surface area contributed by atoms with Crippen molar-refractivity contribution in [3.05, 3.63) is 59.4 Å². The minimum Gasteiger partial charge on any atom is -0.493 e. The predicted octanol–water partition coefficient (Wildman–Crippen LogP) is 4.55. The lowest BCUT2D eigenvalue weighted by atomic mass is 10.1. The topological polar surface area (TPSA) is 73.1 Å². The molecule has 1 N–H and O–H groups in total. The van der Waals surface area contributed by atoms with Crippen LogP contribution in [0.4, 0.5) is 0 Å². The maximum Gasteiger partial charge on any atom is 0.307 e. The Kier molecular flexibility index (Phi) is 5.99. The van der Waals surface area contributed by atoms with Crippen LogP contribution in [0.15, 0.2) is 52.0 Å². The number of furan rings is 1. The van der Waals surface area contributed by atoms with Crippen molar-refractivity contribution in [1.82, 2.24) is 5.43 Å². The lowest BCUT2D eigenvalue weighted by Gasteiger charge is -2.12. The molecule has 3 rings (SSSR count). The predicted molar refractivity (Wildman–Crippen MR) is 109 cm³/mol. The van der Waals surface area contributed by atoms with Crippen molar-refractivity contribution in [1.29, 1.82) is 0 Å². The molecule has 1 aromatic heterocycles. The number of fused-ring (bicyclic) bond motifs is 1. The molecule has 0 atom stereocenters. The lowest BCUT2D eigenvalue weighted by Crippen LogP contribution is -2.17. The fourth-order valence-corrected chi connectivity index (χ4v) is 2.75. The Labute approximate surface area is 164 Å². The average molecular weight is 380 g/mol. The van der Waals surface area contributed by atoms with Crippen LogP contribution in [0.2, 0.25) is 0 Å². The van der Waals surface area contributed by atoms with E-state index in [9.17, 15) is 4.79 Å². The lowest BCUT2D eigenvalue weighted by molar-refractivity contribution is 0.0929. The zero-order valence-corrected chi connectivity index (χ0v) is 16.5. The van der Waals surface area contributed by atoms with Crippen molar-refractivity contribution in [2.24, 2.45) is 11.0 Å². The highest BCUT2D eigenvalue weighted by atomic mass is 16.5. The van der Waals surface area contributed by atoms with E-state index in [1.807, 2.05) is 43.3 Å². The molecule has 3 aromatic rings. The number of hydrogen-bond acceptors (Lipinski definition) is 5. The molecule has 1 heterocycles. The highest BCUT2D eigenvalue weighted by Gasteiger charge is 2.16. The van der Waals surface area contributed by atoms with Crippen LogP contribution in [0.5, 0.6) is 11.5 Å². The van der Waals surface area contributed by atoms with Crippen molar-refractivity contribution < 1.29 is 18.7 Å². The molecule has 0 radical (unpaired) electrons. The summed E-state index contributed by atoms with van der Waals surface area (Å²) in [5.74, 6) is 1.57. The van der Waals surface area contributed by atoms with Crippen LogP contribution in [-0.2, 0) is 0 Å². The third kappa shape index (κ3) is 4.34. The van der Waals surface area contributed by atoms with Gasteiger partial charge in [-0.25, -0.2) is 5.43 Å². The number of hydrogen-bond donors (Lipinski definition) is 1. The van der Waals surface area contributed by atoms with Crippen LogP contribution in [0.1, 0.15) is 35.5 Å². The van der Waals surface area contributed by atoms with Crippen molar-refractivity contribution in [3.8, 4) is 11.5 Å². The Hall–Kier alpha value is -3.28. The fourth-order valence-electron chi connectivity index (χ4n) is 2.75. The zero-order chi connectivity index (χ0) is 20.1. The van der Waals surface area contributed by atoms with Gasteiger partial charge in [-0.05, 0) is 42.7 Å². The van der Waals surface area contributed by atoms with E-state index in [1.165, 1.54) is 0 Å². The van der Waals surface area contributed by atoms with E-state index >= 15 is 0 Å². The van der Waals surface area contributed by atoms with Gasteiger partial charge in [0.25, 0.3) is 0 Å². The highest BCUT2D eigenvalue weighted by Crippen LogP contribution is 2.28. The van der Waals surface area contributed by atoms with E-state index in [1.54, 1.807) is 19.4 Å². The van der Waals surface area contributed by atoms with Crippen LogP contribution in [0.3, 0.4) is 0 Å². The van der Waals surface area contributed by atoms with Gasteiger partial charge >= 0.3 is 5.91 Å². The van der Waals surface area contributed by atoms with Crippen molar-refractivity contribution in [2.45, 2.75) is 20.8 Å². The maximum absolute atomic E-state index is 12.4. The maximum atomic E-state index is 12.4. The van der Waals surface area contributed by atoms with Gasteiger partial charge in [0.05, 0.1) is 19.9 Å². The summed E-state index contributed by atoms with van der Waals surface area (Å²) in [6, 6.07) is 13.0. The zero-order valence-electron chi connectivity index (χ0n) is 16.5. The number of aryl methyl sites for hydroxylation is 1. The smallest absolute Gasteiger partial charge is 0.307 e. The summed E-state index contributed by atoms with van der Waals surface area (Å²) in [5, 5.41) is 4.94. The summed E-state index contributed by atoms with van der Waals surface area (Å²) in [6.45, 7) is 6.63. The van der Waals surface area contributed by atoms with Crippen molar-refractivity contribution >= 4 is 23.1 Å². The third-order valence-corrected chi connectivity index (χ3v) is 4.19. The molecule has 0 saturated carbocycles. The minimum atomic E-state index is -0.395. The highest BCUT2D eigenvalue weighted by molar-refractivity contribution is 5.99. The van der Waals surface area contributed by atoms with Gasteiger partial charge in [0, 0.05) is 10.9 Å². The molecule has 0 bridgehead atoms. The molecule has 146 valence electrons.